The minimum Gasteiger partial charge on any atom is -0.478 e. The van der Waals surface area contributed by atoms with Crippen LogP contribution in [0.25, 0.3) is 0 Å². The number of hydrogen-bond acceptors (Lipinski definition) is 6. The van der Waals surface area contributed by atoms with Crippen molar-refractivity contribution in [3.05, 3.63) is 38.0 Å². The molecule has 24 heavy (non-hydrogen) atoms. The van der Waals surface area contributed by atoms with E-state index in [9.17, 15) is 14.4 Å². The van der Waals surface area contributed by atoms with E-state index in [1.807, 2.05) is 20.8 Å². The first-order valence-electron chi connectivity index (χ1n) is 7.14. The van der Waals surface area contributed by atoms with E-state index in [2.05, 4.69) is 24.5 Å². The predicted octanol–water partition coefficient (Wildman–Crippen LogP) is 2.26. The molecule has 0 unspecified atom stereocenters. The summed E-state index contributed by atoms with van der Waals surface area (Å²) in [6, 6.07) is 0. The first kappa shape index (κ1) is 26.5. The third-order valence-corrected chi connectivity index (χ3v) is 1.71. The van der Waals surface area contributed by atoms with Crippen LogP contribution in [0.1, 0.15) is 33.6 Å². The van der Waals surface area contributed by atoms with Gasteiger partial charge in [-0.3, -0.25) is 0 Å². The Hall–Kier alpha value is -2.41. The summed E-state index contributed by atoms with van der Waals surface area (Å²) in [5, 5.41) is 15.9. The highest BCUT2D eigenvalue weighted by molar-refractivity contribution is 5.81. The molecule has 7 nitrogen and oxygen atoms in total. The molecule has 0 radical (unpaired) electrons. The maximum atomic E-state index is 10.5. The predicted molar refractivity (Wildman–Crippen MR) is 91.4 cm³/mol. The van der Waals surface area contributed by atoms with Gasteiger partial charge in [-0.2, -0.15) is 0 Å². The van der Waals surface area contributed by atoms with Gasteiger partial charge in [-0.15, -0.1) is 0 Å². The number of unbranched alkanes of at least 4 members (excludes halogenated alkanes) is 1. The van der Waals surface area contributed by atoms with Gasteiger partial charge in [0.05, 0.1) is 6.61 Å². The minimum absolute atomic E-state index is 0.144. The molecular formula is C17H28O7. The fraction of sp³-hybridized carbons (Fsp3) is 0.471. The quantitative estimate of drug-likeness (QED) is 0.414. The summed E-state index contributed by atoms with van der Waals surface area (Å²) in [6.45, 7) is 15.4. The number of aliphatic carboxylic acids is 1. The molecule has 0 saturated carbocycles. The molecule has 0 aliphatic heterocycles. The second-order valence-electron chi connectivity index (χ2n) is 5.08. The van der Waals surface area contributed by atoms with Crippen LogP contribution in [0.5, 0.6) is 0 Å². The van der Waals surface area contributed by atoms with Crippen molar-refractivity contribution in [1.29, 1.82) is 0 Å². The molecule has 0 rings (SSSR count). The van der Waals surface area contributed by atoms with Crippen molar-refractivity contribution in [3.8, 4) is 0 Å². The number of esters is 2. The van der Waals surface area contributed by atoms with Crippen LogP contribution in [0.2, 0.25) is 0 Å². The van der Waals surface area contributed by atoms with Crippen LogP contribution in [-0.4, -0.2) is 46.9 Å². The molecule has 138 valence electrons. The van der Waals surface area contributed by atoms with Crippen molar-refractivity contribution in [1.82, 2.24) is 0 Å². The third-order valence-electron chi connectivity index (χ3n) is 1.71. The molecule has 0 spiro atoms. The van der Waals surface area contributed by atoms with Gasteiger partial charge in [-0.05, 0) is 33.6 Å². The van der Waals surface area contributed by atoms with Gasteiger partial charge >= 0.3 is 17.9 Å². The minimum atomic E-state index is -0.981. The van der Waals surface area contributed by atoms with Gasteiger partial charge in [0.25, 0.3) is 0 Å². The average Bonchev–Trinajstić information content (AvgIpc) is 2.50. The van der Waals surface area contributed by atoms with Gasteiger partial charge in [0.1, 0.15) is 5.60 Å². The lowest BCUT2D eigenvalue weighted by Crippen LogP contribution is -2.22. The molecule has 7 heteroatoms. The highest BCUT2D eigenvalue weighted by Crippen LogP contribution is 2.06. The molecular weight excluding hydrogens is 316 g/mol. The molecule has 0 fully saturated rings. The zero-order chi connectivity index (χ0) is 19.6. The number of carbonyl (C=O) groups is 3. The highest BCUT2D eigenvalue weighted by Gasteiger charge is 2.12. The standard InChI is InChI=1S/C7H12O3.C7H12O2.C3H4O2/c1-2-7(9)10-6-4-3-5-8;1-5-6(8)9-7(2,3)4;1-2-3(4)5/h2,8H,1,3-6H2;5H,1H2,2-4H3;2H,1H2,(H,4,5). The topological polar surface area (TPSA) is 110 Å². The fourth-order valence-electron chi connectivity index (χ4n) is 0.789. The molecule has 0 heterocycles. The Labute approximate surface area is 143 Å². The summed E-state index contributed by atoms with van der Waals surface area (Å²) in [4.78, 5) is 30.1. The van der Waals surface area contributed by atoms with E-state index in [1.54, 1.807) is 0 Å². The molecule has 0 aromatic carbocycles. The first-order chi connectivity index (χ1) is 11.0. The van der Waals surface area contributed by atoms with E-state index in [1.165, 1.54) is 0 Å². The number of carboxylic acid groups (broad SMARTS) is 1. The number of hydrogen-bond donors (Lipinski definition) is 2. The number of carboxylic acids is 1. The van der Waals surface area contributed by atoms with E-state index < -0.39 is 17.5 Å². The number of rotatable bonds is 7. The second-order valence-corrected chi connectivity index (χ2v) is 5.08. The van der Waals surface area contributed by atoms with Crippen molar-refractivity contribution < 1.29 is 34.1 Å². The van der Waals surface area contributed by atoms with E-state index in [0.717, 1.165) is 18.2 Å². The zero-order valence-electron chi connectivity index (χ0n) is 14.6. The van der Waals surface area contributed by atoms with Gasteiger partial charge in [-0.1, -0.05) is 19.7 Å². The maximum Gasteiger partial charge on any atom is 0.330 e. The average molecular weight is 344 g/mol. The molecule has 0 aromatic rings. The molecule has 0 atom stereocenters. The Kier molecular flexibility index (Phi) is 18.7. The van der Waals surface area contributed by atoms with Crippen LogP contribution in [0, 0.1) is 0 Å². The number of aliphatic hydroxyl groups is 1. The fourth-order valence-corrected chi connectivity index (χ4v) is 0.789. The smallest absolute Gasteiger partial charge is 0.330 e. The Morgan fingerprint density at radius 3 is 1.67 bits per heavy atom. The van der Waals surface area contributed by atoms with Crippen molar-refractivity contribution in [3.63, 3.8) is 0 Å². The van der Waals surface area contributed by atoms with E-state index >= 15 is 0 Å². The van der Waals surface area contributed by atoms with Crippen LogP contribution in [-0.2, 0) is 23.9 Å². The van der Waals surface area contributed by atoms with Crippen molar-refractivity contribution >= 4 is 17.9 Å². The maximum absolute atomic E-state index is 10.5. The van der Waals surface area contributed by atoms with Crippen LogP contribution < -0.4 is 0 Å². The van der Waals surface area contributed by atoms with Crippen LogP contribution in [0.15, 0.2) is 38.0 Å². The molecule has 0 aromatic heterocycles. The largest absolute Gasteiger partial charge is 0.478 e. The molecule has 0 aliphatic rings. The summed E-state index contributed by atoms with van der Waals surface area (Å²) in [7, 11) is 0. The van der Waals surface area contributed by atoms with Gasteiger partial charge < -0.3 is 19.7 Å². The highest BCUT2D eigenvalue weighted by atomic mass is 16.6. The van der Waals surface area contributed by atoms with Crippen molar-refractivity contribution in [2.24, 2.45) is 0 Å². The summed E-state index contributed by atoms with van der Waals surface area (Å²) >= 11 is 0. The number of ether oxygens (including phenoxy) is 2. The normalized spacial score (nSPS) is 9.00. The molecule has 0 aliphatic carbocycles. The Balaban J connectivity index is -0.000000291. The van der Waals surface area contributed by atoms with Gasteiger partial charge in [0, 0.05) is 24.8 Å². The Bertz CT molecular complexity index is 406. The van der Waals surface area contributed by atoms with Gasteiger partial charge in [0.15, 0.2) is 0 Å². The van der Waals surface area contributed by atoms with Crippen LogP contribution >= 0.6 is 0 Å². The molecule has 0 bridgehead atoms. The van der Waals surface area contributed by atoms with Crippen molar-refractivity contribution in [2.75, 3.05) is 13.2 Å². The van der Waals surface area contributed by atoms with Crippen LogP contribution in [0.3, 0.4) is 0 Å². The SMILES string of the molecule is C=CC(=O)O.C=CC(=O)OC(C)(C)C.C=CC(=O)OCCCCO. The zero-order valence-corrected chi connectivity index (χ0v) is 14.6. The number of carbonyl (C=O) groups excluding carboxylic acids is 2. The van der Waals surface area contributed by atoms with E-state index in [-0.39, 0.29) is 12.6 Å². The second kappa shape index (κ2) is 17.0. The van der Waals surface area contributed by atoms with Crippen molar-refractivity contribution in [2.45, 2.75) is 39.2 Å². The summed E-state index contributed by atoms with van der Waals surface area (Å²) in [5.41, 5.74) is -0.398. The van der Waals surface area contributed by atoms with E-state index in [4.69, 9.17) is 14.9 Å². The lowest BCUT2D eigenvalue weighted by atomic mass is 10.2. The van der Waals surface area contributed by atoms with Gasteiger partial charge in [0.2, 0.25) is 0 Å². The molecule has 0 amide bonds. The summed E-state index contributed by atoms with van der Waals surface area (Å²) in [6.07, 6.45) is 4.49. The first-order valence-corrected chi connectivity index (χ1v) is 7.14. The number of aliphatic hydroxyl groups excluding tert-OH is 1. The molecule has 2 N–H and O–H groups in total. The van der Waals surface area contributed by atoms with Gasteiger partial charge in [-0.25, -0.2) is 14.4 Å². The summed E-state index contributed by atoms with van der Waals surface area (Å²) in [5.74, 6) is -1.76. The lowest BCUT2D eigenvalue weighted by Gasteiger charge is -2.17. The summed E-state index contributed by atoms with van der Waals surface area (Å²) < 4.78 is 9.46. The van der Waals surface area contributed by atoms with E-state index in [0.29, 0.717) is 19.4 Å². The molecule has 0 saturated heterocycles. The Morgan fingerprint density at radius 2 is 1.42 bits per heavy atom. The lowest BCUT2D eigenvalue weighted by molar-refractivity contribution is -0.148. The monoisotopic (exact) mass is 344 g/mol. The Morgan fingerprint density at radius 1 is 0.958 bits per heavy atom. The van der Waals surface area contributed by atoms with Crippen LogP contribution in [0.4, 0.5) is 0 Å². The third kappa shape index (κ3) is 31.8.